The van der Waals surface area contributed by atoms with Gasteiger partial charge in [0.15, 0.2) is 0 Å². The number of unbranched alkanes of at least 4 members (excludes halogenated alkanes) is 32. The van der Waals surface area contributed by atoms with Gasteiger partial charge in [0.1, 0.15) is 0 Å². The lowest BCUT2D eigenvalue weighted by Crippen LogP contribution is -2.45. The quantitative estimate of drug-likeness (QED) is 0.0453. The van der Waals surface area contributed by atoms with E-state index >= 15 is 0 Å². The van der Waals surface area contributed by atoms with Gasteiger partial charge in [-0.2, -0.15) is 0 Å². The van der Waals surface area contributed by atoms with E-state index < -0.39 is 12.1 Å². The van der Waals surface area contributed by atoms with Crippen LogP contribution in [0.15, 0.2) is 12.2 Å². The van der Waals surface area contributed by atoms with Crippen molar-refractivity contribution >= 4 is 5.91 Å². The molecule has 1 amide bonds. The van der Waals surface area contributed by atoms with Crippen LogP contribution < -0.4 is 5.32 Å². The van der Waals surface area contributed by atoms with Gasteiger partial charge in [-0.3, -0.25) is 4.79 Å². The van der Waals surface area contributed by atoms with Gasteiger partial charge in [0, 0.05) is 6.42 Å². The molecular weight excluding hydrogens is 578 g/mol. The van der Waals surface area contributed by atoms with Crippen LogP contribution in [-0.4, -0.2) is 34.9 Å². The number of aliphatic hydroxyl groups is 2. The summed E-state index contributed by atoms with van der Waals surface area (Å²) in [7, 11) is 0. The summed E-state index contributed by atoms with van der Waals surface area (Å²) in [5.41, 5.74) is 0. The first-order valence-corrected chi connectivity index (χ1v) is 21.4. The number of amides is 1. The number of hydrogen-bond acceptors (Lipinski definition) is 3. The van der Waals surface area contributed by atoms with Gasteiger partial charge in [0.25, 0.3) is 0 Å². The van der Waals surface area contributed by atoms with E-state index in [1.54, 1.807) is 6.08 Å². The highest BCUT2D eigenvalue weighted by atomic mass is 16.3. The Balaban J connectivity index is 3.38. The second-order valence-electron chi connectivity index (χ2n) is 14.8. The summed E-state index contributed by atoms with van der Waals surface area (Å²) in [6.07, 6.45) is 49.3. The molecule has 0 bridgehead atoms. The predicted molar refractivity (Wildman–Crippen MR) is 207 cm³/mol. The predicted octanol–water partition coefficient (Wildman–Crippen LogP) is 13.1. The molecule has 4 nitrogen and oxygen atoms in total. The van der Waals surface area contributed by atoms with Crippen molar-refractivity contribution in [3.63, 3.8) is 0 Å². The number of hydrogen-bond donors (Lipinski definition) is 3. The summed E-state index contributed by atoms with van der Waals surface area (Å²) >= 11 is 0. The molecule has 47 heavy (non-hydrogen) atoms. The Morgan fingerprint density at radius 1 is 0.489 bits per heavy atom. The maximum atomic E-state index is 12.2. The Morgan fingerprint density at radius 2 is 0.787 bits per heavy atom. The maximum absolute atomic E-state index is 12.2. The van der Waals surface area contributed by atoms with Crippen LogP contribution in [0.4, 0.5) is 0 Å². The lowest BCUT2D eigenvalue weighted by atomic mass is 10.0. The molecule has 0 radical (unpaired) electrons. The van der Waals surface area contributed by atoms with Crippen molar-refractivity contribution in [3.05, 3.63) is 12.2 Å². The Morgan fingerprint density at radius 3 is 1.11 bits per heavy atom. The molecule has 2 unspecified atom stereocenters. The summed E-state index contributed by atoms with van der Waals surface area (Å²) in [5.74, 6) is -0.0717. The third-order valence-corrected chi connectivity index (χ3v) is 10.0. The van der Waals surface area contributed by atoms with Gasteiger partial charge < -0.3 is 15.5 Å². The molecule has 0 aromatic rings. The zero-order valence-electron chi connectivity index (χ0n) is 32.1. The SMILES string of the molecule is CCCCCCCCCCCCCCCCCCCCCCCCCCCCC/C=C/C(O)C(CO)NC(=O)CCCCCCCC. The van der Waals surface area contributed by atoms with Crippen molar-refractivity contribution in [1.82, 2.24) is 5.32 Å². The summed E-state index contributed by atoms with van der Waals surface area (Å²) in [6, 6.07) is -0.613. The van der Waals surface area contributed by atoms with Crippen LogP contribution in [-0.2, 0) is 4.79 Å². The minimum atomic E-state index is -0.831. The second kappa shape index (κ2) is 39.6. The number of carbonyl (C=O) groups is 1. The summed E-state index contributed by atoms with van der Waals surface area (Å²) in [5, 5.41) is 22.8. The number of allylic oxidation sites excluding steroid dienone is 1. The molecule has 0 aliphatic rings. The fourth-order valence-electron chi connectivity index (χ4n) is 6.71. The van der Waals surface area contributed by atoms with Crippen LogP contribution in [0.1, 0.15) is 239 Å². The number of aliphatic hydroxyl groups excluding tert-OH is 2. The highest BCUT2D eigenvalue weighted by Crippen LogP contribution is 2.16. The van der Waals surface area contributed by atoms with Crippen LogP contribution in [0.2, 0.25) is 0 Å². The topological polar surface area (TPSA) is 69.6 Å². The number of nitrogens with one attached hydrogen (secondary N) is 1. The molecule has 2 atom stereocenters. The zero-order chi connectivity index (χ0) is 34.3. The first kappa shape index (κ1) is 46.1. The Kier molecular flexibility index (Phi) is 38.8. The van der Waals surface area contributed by atoms with Gasteiger partial charge >= 0.3 is 0 Å². The summed E-state index contributed by atoms with van der Waals surface area (Å²) < 4.78 is 0. The van der Waals surface area contributed by atoms with E-state index in [0.717, 1.165) is 25.7 Å². The van der Waals surface area contributed by atoms with E-state index in [4.69, 9.17) is 0 Å². The van der Waals surface area contributed by atoms with Gasteiger partial charge in [-0.25, -0.2) is 0 Å². The Hall–Kier alpha value is -0.870. The van der Waals surface area contributed by atoms with Gasteiger partial charge in [0.05, 0.1) is 18.8 Å². The Labute approximate surface area is 295 Å². The highest BCUT2D eigenvalue weighted by molar-refractivity contribution is 5.76. The largest absolute Gasteiger partial charge is 0.394 e. The molecule has 0 aliphatic heterocycles. The van der Waals surface area contributed by atoms with E-state index in [0.29, 0.717) is 6.42 Å². The van der Waals surface area contributed by atoms with E-state index in [2.05, 4.69) is 19.2 Å². The van der Waals surface area contributed by atoms with Gasteiger partial charge in [0.2, 0.25) is 5.91 Å². The average Bonchev–Trinajstić information content (AvgIpc) is 3.07. The normalized spacial score (nSPS) is 13.0. The molecule has 0 aromatic carbocycles. The lowest BCUT2D eigenvalue weighted by molar-refractivity contribution is -0.123. The molecular formula is C43H85NO3. The van der Waals surface area contributed by atoms with Gasteiger partial charge in [-0.05, 0) is 19.3 Å². The molecule has 0 aliphatic carbocycles. The van der Waals surface area contributed by atoms with Crippen LogP contribution in [0.25, 0.3) is 0 Å². The second-order valence-corrected chi connectivity index (χ2v) is 14.8. The van der Waals surface area contributed by atoms with Gasteiger partial charge in [-0.1, -0.05) is 225 Å². The smallest absolute Gasteiger partial charge is 0.220 e. The van der Waals surface area contributed by atoms with E-state index in [-0.39, 0.29) is 12.5 Å². The third kappa shape index (κ3) is 36.2. The first-order chi connectivity index (χ1) is 23.2. The van der Waals surface area contributed by atoms with Crippen LogP contribution in [0, 0.1) is 0 Å². The van der Waals surface area contributed by atoms with Crippen molar-refractivity contribution in [2.45, 2.75) is 251 Å². The molecule has 3 N–H and O–H groups in total. The molecule has 0 aromatic heterocycles. The van der Waals surface area contributed by atoms with Crippen molar-refractivity contribution in [2.24, 2.45) is 0 Å². The zero-order valence-corrected chi connectivity index (χ0v) is 32.1. The molecule has 0 fully saturated rings. The molecule has 280 valence electrons. The molecule has 0 saturated heterocycles. The minimum Gasteiger partial charge on any atom is -0.394 e. The fraction of sp³-hybridized carbons (Fsp3) is 0.930. The van der Waals surface area contributed by atoms with Crippen molar-refractivity contribution < 1.29 is 15.0 Å². The number of rotatable bonds is 39. The molecule has 0 spiro atoms. The van der Waals surface area contributed by atoms with E-state index in [9.17, 15) is 15.0 Å². The monoisotopic (exact) mass is 664 g/mol. The number of carbonyl (C=O) groups excluding carboxylic acids is 1. The summed E-state index contributed by atoms with van der Waals surface area (Å²) in [6.45, 7) is 4.26. The average molecular weight is 664 g/mol. The maximum Gasteiger partial charge on any atom is 0.220 e. The minimum absolute atomic E-state index is 0.0717. The summed E-state index contributed by atoms with van der Waals surface area (Å²) in [4.78, 5) is 12.2. The van der Waals surface area contributed by atoms with Crippen molar-refractivity contribution in [1.29, 1.82) is 0 Å². The molecule has 4 heteroatoms. The van der Waals surface area contributed by atoms with Crippen molar-refractivity contribution in [2.75, 3.05) is 6.61 Å². The first-order valence-electron chi connectivity index (χ1n) is 21.4. The molecule has 0 rings (SSSR count). The van der Waals surface area contributed by atoms with Crippen LogP contribution >= 0.6 is 0 Å². The van der Waals surface area contributed by atoms with Crippen LogP contribution in [0.3, 0.4) is 0 Å². The van der Waals surface area contributed by atoms with E-state index in [1.165, 1.54) is 193 Å². The standard InChI is InChI=1S/C43H85NO3/c1-3-5-7-9-11-12-13-14-15-16-17-18-19-20-21-22-23-24-25-26-27-28-29-30-31-32-33-34-36-38-42(46)41(40-45)44-43(47)39-37-35-10-8-6-4-2/h36,38,41-42,45-46H,3-35,37,39-40H2,1-2H3,(H,44,47)/b38-36+. The van der Waals surface area contributed by atoms with E-state index in [1.807, 2.05) is 6.08 Å². The van der Waals surface area contributed by atoms with Crippen molar-refractivity contribution in [3.8, 4) is 0 Å². The lowest BCUT2D eigenvalue weighted by Gasteiger charge is -2.20. The molecule has 0 heterocycles. The van der Waals surface area contributed by atoms with Crippen LogP contribution in [0.5, 0.6) is 0 Å². The highest BCUT2D eigenvalue weighted by Gasteiger charge is 2.17. The fourth-order valence-corrected chi connectivity index (χ4v) is 6.71. The van der Waals surface area contributed by atoms with Gasteiger partial charge in [-0.15, -0.1) is 0 Å². The third-order valence-electron chi connectivity index (χ3n) is 10.0. The Bertz CT molecular complexity index is 637. The molecule has 0 saturated carbocycles.